The van der Waals surface area contributed by atoms with E-state index < -0.39 is 0 Å². The van der Waals surface area contributed by atoms with Crippen LogP contribution in [0.4, 0.5) is 0 Å². The van der Waals surface area contributed by atoms with Gasteiger partial charge >= 0.3 is 0 Å². The maximum Gasteiger partial charge on any atom is 0.227 e. The lowest BCUT2D eigenvalue weighted by Crippen LogP contribution is -2.39. The molecule has 1 aromatic rings. The topological polar surface area (TPSA) is 78.8 Å². The van der Waals surface area contributed by atoms with Crippen LogP contribution in [0.25, 0.3) is 0 Å². The quantitative estimate of drug-likeness (QED) is 0.781. The predicted molar refractivity (Wildman–Crippen MR) is 93.4 cm³/mol. The number of amides is 1. The minimum absolute atomic E-state index is 0.0496. The van der Waals surface area contributed by atoms with Crippen LogP contribution in [0.15, 0.2) is 18.2 Å². The fourth-order valence-corrected chi connectivity index (χ4v) is 5.05. The number of carbonyl (C=O) groups is 1. The number of rotatable bonds is 4. The summed E-state index contributed by atoms with van der Waals surface area (Å²) in [4.78, 5) is 12.8. The number of carbonyl (C=O) groups excluding carboxylic acids is 1. The van der Waals surface area contributed by atoms with Crippen molar-refractivity contribution in [3.8, 4) is 5.75 Å². The summed E-state index contributed by atoms with van der Waals surface area (Å²) in [5.41, 5.74) is 2.11. The Hall–Kier alpha value is -1.59. The molecule has 2 unspecified atom stereocenters. The molecular formula is C20H27NO4. The van der Waals surface area contributed by atoms with Gasteiger partial charge in [0, 0.05) is 25.2 Å². The molecule has 5 nitrogen and oxygen atoms in total. The second kappa shape index (κ2) is 6.29. The van der Waals surface area contributed by atoms with Crippen molar-refractivity contribution in [1.82, 2.24) is 5.32 Å². The van der Waals surface area contributed by atoms with Crippen LogP contribution >= 0.6 is 0 Å². The first-order chi connectivity index (χ1) is 12.1. The molecule has 1 saturated carbocycles. The van der Waals surface area contributed by atoms with Gasteiger partial charge in [-0.05, 0) is 67.2 Å². The molecule has 1 heterocycles. The Balaban J connectivity index is 1.43. The van der Waals surface area contributed by atoms with Crippen molar-refractivity contribution in [2.24, 2.45) is 10.8 Å². The van der Waals surface area contributed by atoms with E-state index in [9.17, 15) is 15.0 Å². The minimum Gasteiger partial charge on any atom is -0.508 e. The number of aromatic hydroxyl groups is 1. The van der Waals surface area contributed by atoms with E-state index in [0.29, 0.717) is 6.54 Å². The standard InChI is InChI=1S/C20H27NO4/c22-13-20(11-19(20)6-8-25-9-7-19)12-21-18(24)17-3-1-2-14-10-15(23)4-5-16(14)17/h4-5,10,17,22-23H,1-3,6-9,11-13H2,(H,21,24). The highest BCUT2D eigenvalue weighted by atomic mass is 16.5. The Kier molecular flexibility index (Phi) is 4.24. The van der Waals surface area contributed by atoms with Crippen molar-refractivity contribution < 1.29 is 19.7 Å². The molecule has 2 aliphatic carbocycles. The molecule has 4 rings (SSSR count). The van der Waals surface area contributed by atoms with E-state index in [-0.39, 0.29) is 35.0 Å². The Morgan fingerprint density at radius 3 is 2.88 bits per heavy atom. The molecule has 25 heavy (non-hydrogen) atoms. The number of aliphatic hydroxyl groups is 1. The predicted octanol–water partition coefficient (Wildman–Crippen LogP) is 2.11. The number of phenols is 1. The van der Waals surface area contributed by atoms with E-state index in [0.717, 1.165) is 62.9 Å². The second-order valence-corrected chi connectivity index (χ2v) is 8.05. The van der Waals surface area contributed by atoms with Crippen LogP contribution in [0.5, 0.6) is 5.75 Å². The molecule has 0 radical (unpaired) electrons. The van der Waals surface area contributed by atoms with E-state index >= 15 is 0 Å². The van der Waals surface area contributed by atoms with E-state index in [4.69, 9.17) is 4.74 Å². The van der Waals surface area contributed by atoms with Crippen molar-refractivity contribution in [3.05, 3.63) is 29.3 Å². The lowest BCUT2D eigenvalue weighted by molar-refractivity contribution is -0.123. The summed E-state index contributed by atoms with van der Waals surface area (Å²) < 4.78 is 5.46. The molecule has 1 spiro atoms. The third-order valence-electron chi connectivity index (χ3n) is 6.79. The number of ether oxygens (including phenoxy) is 1. The first-order valence-corrected chi connectivity index (χ1v) is 9.37. The fourth-order valence-electron chi connectivity index (χ4n) is 5.05. The molecule has 5 heteroatoms. The maximum absolute atomic E-state index is 12.8. The molecular weight excluding hydrogens is 318 g/mol. The van der Waals surface area contributed by atoms with Gasteiger partial charge in [-0.2, -0.15) is 0 Å². The van der Waals surface area contributed by atoms with Gasteiger partial charge in [0.2, 0.25) is 5.91 Å². The van der Waals surface area contributed by atoms with Crippen LogP contribution in [-0.4, -0.2) is 42.5 Å². The van der Waals surface area contributed by atoms with Gasteiger partial charge in [0.05, 0.1) is 12.5 Å². The SMILES string of the molecule is O=C(NCC1(CO)CC12CCOCC2)C1CCCc2cc(O)ccc21. The average Bonchev–Trinajstić information content (AvgIpc) is 3.25. The van der Waals surface area contributed by atoms with Gasteiger partial charge in [0.15, 0.2) is 0 Å². The Morgan fingerprint density at radius 1 is 1.32 bits per heavy atom. The average molecular weight is 345 g/mol. The lowest BCUT2D eigenvalue weighted by atomic mass is 9.82. The molecule has 1 saturated heterocycles. The highest BCUT2D eigenvalue weighted by molar-refractivity contribution is 5.84. The van der Waals surface area contributed by atoms with Gasteiger partial charge < -0.3 is 20.3 Å². The number of aryl methyl sites for hydroxylation is 1. The number of nitrogens with one attached hydrogen (secondary N) is 1. The molecule has 1 aromatic carbocycles. The Bertz CT molecular complexity index is 668. The third-order valence-corrected chi connectivity index (χ3v) is 6.79. The van der Waals surface area contributed by atoms with Crippen molar-refractivity contribution in [3.63, 3.8) is 0 Å². The highest BCUT2D eigenvalue weighted by Crippen LogP contribution is 2.68. The number of benzene rings is 1. The number of hydrogen-bond donors (Lipinski definition) is 3. The van der Waals surface area contributed by atoms with Crippen molar-refractivity contribution in [2.45, 2.75) is 44.4 Å². The zero-order chi connectivity index (χ0) is 17.5. The molecule has 0 aromatic heterocycles. The molecule has 2 fully saturated rings. The largest absolute Gasteiger partial charge is 0.508 e. The van der Waals surface area contributed by atoms with E-state index in [1.54, 1.807) is 12.1 Å². The highest BCUT2D eigenvalue weighted by Gasteiger charge is 2.66. The summed E-state index contributed by atoms with van der Waals surface area (Å²) in [5, 5.41) is 22.8. The van der Waals surface area contributed by atoms with Gasteiger partial charge in [-0.3, -0.25) is 4.79 Å². The van der Waals surface area contributed by atoms with Gasteiger partial charge in [-0.25, -0.2) is 0 Å². The molecule has 3 N–H and O–H groups in total. The summed E-state index contributed by atoms with van der Waals surface area (Å²) in [7, 11) is 0. The van der Waals surface area contributed by atoms with Gasteiger partial charge in [-0.15, -0.1) is 0 Å². The second-order valence-electron chi connectivity index (χ2n) is 8.05. The third kappa shape index (κ3) is 2.83. The first kappa shape index (κ1) is 16.9. The molecule has 136 valence electrons. The molecule has 0 bridgehead atoms. The van der Waals surface area contributed by atoms with E-state index in [1.807, 2.05) is 6.07 Å². The lowest BCUT2D eigenvalue weighted by Gasteiger charge is -2.30. The summed E-state index contributed by atoms with van der Waals surface area (Å²) in [6.07, 6.45) is 5.66. The molecule has 1 aliphatic heterocycles. The summed E-state index contributed by atoms with van der Waals surface area (Å²) in [6.45, 7) is 2.19. The van der Waals surface area contributed by atoms with Gasteiger partial charge in [0.25, 0.3) is 0 Å². The van der Waals surface area contributed by atoms with Crippen molar-refractivity contribution >= 4 is 5.91 Å². The van der Waals surface area contributed by atoms with Crippen LogP contribution in [0.2, 0.25) is 0 Å². The summed E-state index contributed by atoms with van der Waals surface area (Å²) in [5.74, 6) is 0.163. The number of hydrogen-bond acceptors (Lipinski definition) is 4. The van der Waals surface area contributed by atoms with E-state index in [1.165, 1.54) is 0 Å². The zero-order valence-corrected chi connectivity index (χ0v) is 14.6. The van der Waals surface area contributed by atoms with Gasteiger partial charge in [0.1, 0.15) is 5.75 Å². The Labute approximate surface area is 148 Å². The van der Waals surface area contributed by atoms with Crippen LogP contribution < -0.4 is 5.32 Å². The number of aliphatic hydroxyl groups excluding tert-OH is 1. The maximum atomic E-state index is 12.8. The van der Waals surface area contributed by atoms with Crippen LogP contribution in [-0.2, 0) is 16.0 Å². The van der Waals surface area contributed by atoms with Gasteiger partial charge in [-0.1, -0.05) is 6.07 Å². The monoisotopic (exact) mass is 345 g/mol. The normalized spacial score (nSPS) is 29.9. The smallest absolute Gasteiger partial charge is 0.227 e. The van der Waals surface area contributed by atoms with E-state index in [2.05, 4.69) is 5.32 Å². The molecule has 2 atom stereocenters. The minimum atomic E-state index is -0.168. The van der Waals surface area contributed by atoms with Crippen LogP contribution in [0, 0.1) is 10.8 Å². The zero-order valence-electron chi connectivity index (χ0n) is 14.6. The van der Waals surface area contributed by atoms with Crippen molar-refractivity contribution in [1.29, 1.82) is 0 Å². The fraction of sp³-hybridized carbons (Fsp3) is 0.650. The first-order valence-electron chi connectivity index (χ1n) is 9.37. The summed E-state index contributed by atoms with van der Waals surface area (Å²) >= 11 is 0. The van der Waals surface area contributed by atoms with Crippen LogP contribution in [0.1, 0.15) is 49.1 Å². The molecule has 1 amide bonds. The number of fused-ring (bicyclic) bond motifs is 1. The molecule has 3 aliphatic rings. The number of phenolic OH excluding ortho intramolecular Hbond substituents is 1. The van der Waals surface area contributed by atoms with Crippen LogP contribution in [0.3, 0.4) is 0 Å². The van der Waals surface area contributed by atoms with Crippen molar-refractivity contribution in [2.75, 3.05) is 26.4 Å². The summed E-state index contributed by atoms with van der Waals surface area (Å²) in [6, 6.07) is 5.33. The Morgan fingerprint density at radius 2 is 2.12 bits per heavy atom.